The van der Waals surface area contributed by atoms with Crippen molar-refractivity contribution in [1.82, 2.24) is 15.1 Å². The molecule has 9 heteroatoms. The lowest BCUT2D eigenvalue weighted by molar-refractivity contribution is -0.119. The number of fused-ring (bicyclic) bond motifs is 1. The molecule has 0 fully saturated rings. The number of nitrogens with one attached hydrogen (secondary N) is 2. The molecule has 1 aliphatic heterocycles. The van der Waals surface area contributed by atoms with Gasteiger partial charge in [0.15, 0.2) is 0 Å². The minimum Gasteiger partial charge on any atom is -0.472 e. The molecular formula is C14H15N5O3S. The molecule has 120 valence electrons. The van der Waals surface area contributed by atoms with Crippen molar-refractivity contribution in [2.75, 3.05) is 17.7 Å². The van der Waals surface area contributed by atoms with Crippen LogP contribution in [-0.4, -0.2) is 40.2 Å². The number of hydrogen-bond donors (Lipinski definition) is 2. The van der Waals surface area contributed by atoms with Crippen LogP contribution >= 0.6 is 11.3 Å². The predicted molar refractivity (Wildman–Crippen MR) is 85.6 cm³/mol. The second kappa shape index (κ2) is 6.21. The van der Waals surface area contributed by atoms with Gasteiger partial charge in [-0.2, -0.15) is 0 Å². The Morgan fingerprint density at radius 2 is 2.22 bits per heavy atom. The molecule has 0 saturated carbocycles. The lowest BCUT2D eigenvalue weighted by Gasteiger charge is -2.25. The highest BCUT2D eigenvalue weighted by Crippen LogP contribution is 2.25. The highest BCUT2D eigenvalue weighted by molar-refractivity contribution is 7.17. The van der Waals surface area contributed by atoms with Crippen molar-refractivity contribution < 1.29 is 14.3 Å². The van der Waals surface area contributed by atoms with E-state index in [0.29, 0.717) is 16.9 Å². The highest BCUT2D eigenvalue weighted by Gasteiger charge is 2.30. The first kappa shape index (κ1) is 15.2. The van der Waals surface area contributed by atoms with Crippen LogP contribution in [0.3, 0.4) is 0 Å². The van der Waals surface area contributed by atoms with E-state index >= 15 is 0 Å². The summed E-state index contributed by atoms with van der Waals surface area (Å²) in [6.45, 7) is 2.00. The van der Waals surface area contributed by atoms with Gasteiger partial charge in [-0.15, -0.1) is 5.10 Å². The Balaban J connectivity index is 1.82. The zero-order chi connectivity index (χ0) is 16.4. The molecule has 0 saturated heterocycles. The van der Waals surface area contributed by atoms with Crippen molar-refractivity contribution in [2.45, 2.75) is 19.5 Å². The fourth-order valence-corrected chi connectivity index (χ4v) is 2.78. The summed E-state index contributed by atoms with van der Waals surface area (Å²) in [5.41, 5.74) is 1.59. The number of ether oxygens (including phenoxy) is 1. The molecule has 2 heterocycles. The Bertz CT molecular complexity index is 748. The van der Waals surface area contributed by atoms with Crippen LogP contribution in [0.1, 0.15) is 12.5 Å². The van der Waals surface area contributed by atoms with Crippen LogP contribution in [-0.2, 0) is 11.3 Å². The number of hydrogen-bond acceptors (Lipinski definition) is 6. The minimum absolute atomic E-state index is 0.236. The Hall–Kier alpha value is -2.68. The minimum atomic E-state index is -0.614. The molecule has 8 nitrogen and oxygen atoms in total. The molecule has 0 bridgehead atoms. The van der Waals surface area contributed by atoms with Crippen molar-refractivity contribution >= 4 is 34.1 Å². The molecule has 2 N–H and O–H groups in total. The van der Waals surface area contributed by atoms with E-state index in [9.17, 15) is 9.59 Å². The van der Waals surface area contributed by atoms with Gasteiger partial charge in [0, 0.05) is 5.69 Å². The third-order valence-electron chi connectivity index (χ3n) is 3.52. The summed E-state index contributed by atoms with van der Waals surface area (Å²) in [5, 5.41) is 13.7. The maximum absolute atomic E-state index is 12.5. The molecule has 1 atom stereocenters. The Morgan fingerprint density at radius 3 is 2.96 bits per heavy atom. The number of carbonyl (C=O) groups is 2. The average Bonchev–Trinajstić information content (AvgIpc) is 2.95. The second-order valence-corrected chi connectivity index (χ2v) is 5.90. The van der Waals surface area contributed by atoms with Crippen LogP contribution in [0.4, 0.5) is 15.6 Å². The third kappa shape index (κ3) is 3.09. The van der Waals surface area contributed by atoms with Crippen LogP contribution in [0, 0.1) is 0 Å². The molecule has 1 unspecified atom stereocenters. The van der Waals surface area contributed by atoms with Gasteiger partial charge in [0.2, 0.25) is 11.0 Å². The maximum Gasteiger partial charge on any atom is 0.324 e. The number of rotatable bonds is 2. The number of urea groups is 1. The van der Waals surface area contributed by atoms with Crippen molar-refractivity contribution in [3.63, 3.8) is 0 Å². The van der Waals surface area contributed by atoms with Gasteiger partial charge in [-0.25, -0.2) is 4.79 Å². The average molecular weight is 333 g/mol. The number of methoxy groups -OCH3 is 1. The molecule has 1 aromatic heterocycles. The van der Waals surface area contributed by atoms with Crippen LogP contribution in [0.5, 0.6) is 5.19 Å². The first-order valence-electron chi connectivity index (χ1n) is 6.92. The van der Waals surface area contributed by atoms with Crippen molar-refractivity contribution in [3.05, 3.63) is 29.8 Å². The summed E-state index contributed by atoms with van der Waals surface area (Å²) < 4.78 is 4.94. The zero-order valence-electron chi connectivity index (χ0n) is 12.6. The Labute approximate surface area is 136 Å². The van der Waals surface area contributed by atoms with Gasteiger partial charge < -0.3 is 15.0 Å². The first-order valence-corrected chi connectivity index (χ1v) is 7.74. The smallest absolute Gasteiger partial charge is 0.324 e. The number of carbonyl (C=O) groups excluding carboxylic acids is 2. The van der Waals surface area contributed by atoms with Gasteiger partial charge in [-0.05, 0) is 29.9 Å². The Morgan fingerprint density at radius 1 is 1.43 bits per heavy atom. The first-order chi connectivity index (χ1) is 11.1. The second-order valence-electron chi connectivity index (χ2n) is 4.96. The van der Waals surface area contributed by atoms with E-state index < -0.39 is 12.1 Å². The molecular weight excluding hydrogens is 318 g/mol. The predicted octanol–water partition coefficient (Wildman–Crippen LogP) is 1.92. The number of aromatic nitrogens is 2. The van der Waals surface area contributed by atoms with E-state index in [4.69, 9.17) is 4.74 Å². The number of amides is 3. The standard InChI is InChI=1S/C14H15N5O3S/c1-8-11(20)15-10-6-4-3-5-9(10)7-19(8)13(21)16-12-17-18-14(22-2)23-12/h3-6,8H,7H2,1-2H3,(H,15,20)(H,16,17,21). The van der Waals surface area contributed by atoms with E-state index in [1.807, 2.05) is 24.3 Å². The van der Waals surface area contributed by atoms with E-state index in [1.165, 1.54) is 12.0 Å². The molecule has 3 rings (SSSR count). The number of para-hydroxylation sites is 1. The van der Waals surface area contributed by atoms with Gasteiger partial charge in [0.25, 0.3) is 5.19 Å². The SMILES string of the molecule is COc1nnc(NC(=O)N2Cc3ccccc3NC(=O)C2C)s1. The summed E-state index contributed by atoms with van der Waals surface area (Å²) >= 11 is 1.11. The van der Waals surface area contributed by atoms with E-state index in [2.05, 4.69) is 20.8 Å². The zero-order valence-corrected chi connectivity index (χ0v) is 13.4. The normalized spacial score (nSPS) is 17.0. The number of anilines is 2. The monoisotopic (exact) mass is 333 g/mol. The largest absolute Gasteiger partial charge is 0.472 e. The van der Waals surface area contributed by atoms with Gasteiger partial charge in [-0.3, -0.25) is 10.1 Å². The summed E-state index contributed by atoms with van der Waals surface area (Å²) in [6, 6.07) is 6.37. The molecule has 1 aromatic carbocycles. The van der Waals surface area contributed by atoms with Gasteiger partial charge in [-0.1, -0.05) is 23.3 Å². The lowest BCUT2D eigenvalue weighted by atomic mass is 10.2. The maximum atomic E-state index is 12.5. The van der Waals surface area contributed by atoms with Gasteiger partial charge in [0.1, 0.15) is 6.04 Å². The van der Waals surface area contributed by atoms with E-state index in [1.54, 1.807) is 6.92 Å². The van der Waals surface area contributed by atoms with Crippen LogP contribution in [0.2, 0.25) is 0 Å². The quantitative estimate of drug-likeness (QED) is 0.875. The van der Waals surface area contributed by atoms with Crippen LogP contribution in [0.25, 0.3) is 0 Å². The summed E-state index contributed by atoms with van der Waals surface area (Å²) in [7, 11) is 1.48. The van der Waals surface area contributed by atoms with Gasteiger partial charge >= 0.3 is 6.03 Å². The molecule has 1 aliphatic rings. The van der Waals surface area contributed by atoms with E-state index in [0.717, 1.165) is 22.6 Å². The highest BCUT2D eigenvalue weighted by atomic mass is 32.1. The van der Waals surface area contributed by atoms with Crippen molar-refractivity contribution in [2.24, 2.45) is 0 Å². The lowest BCUT2D eigenvalue weighted by Crippen LogP contribution is -2.45. The summed E-state index contributed by atoms with van der Waals surface area (Å²) in [6.07, 6.45) is 0. The third-order valence-corrected chi connectivity index (χ3v) is 4.32. The molecule has 0 radical (unpaired) electrons. The molecule has 2 aromatic rings. The Kier molecular flexibility index (Phi) is 4.11. The van der Waals surface area contributed by atoms with Crippen LogP contribution in [0.15, 0.2) is 24.3 Å². The fourth-order valence-electron chi connectivity index (χ4n) is 2.23. The number of nitrogens with zero attached hydrogens (tertiary/aromatic N) is 3. The van der Waals surface area contributed by atoms with Gasteiger partial charge in [0.05, 0.1) is 13.7 Å². The van der Waals surface area contributed by atoms with E-state index in [-0.39, 0.29) is 5.91 Å². The molecule has 0 aliphatic carbocycles. The molecule has 0 spiro atoms. The summed E-state index contributed by atoms with van der Waals surface area (Å²) in [5.74, 6) is -0.236. The summed E-state index contributed by atoms with van der Waals surface area (Å²) in [4.78, 5) is 26.2. The molecule has 3 amide bonds. The topological polar surface area (TPSA) is 96.5 Å². The molecule has 23 heavy (non-hydrogen) atoms. The fraction of sp³-hybridized carbons (Fsp3) is 0.286. The van der Waals surface area contributed by atoms with Crippen molar-refractivity contribution in [1.29, 1.82) is 0 Å². The van der Waals surface area contributed by atoms with Crippen molar-refractivity contribution in [3.8, 4) is 5.19 Å². The van der Waals surface area contributed by atoms with Crippen LogP contribution < -0.4 is 15.4 Å². The number of benzene rings is 1.